The van der Waals surface area contributed by atoms with Gasteiger partial charge in [0.15, 0.2) is 0 Å². The van der Waals surface area contributed by atoms with Crippen LogP contribution in [0.4, 0.5) is 5.69 Å². The lowest BCUT2D eigenvalue weighted by atomic mass is 10.1. The molecule has 142 valence electrons. The van der Waals surface area contributed by atoms with Gasteiger partial charge in [0.25, 0.3) is 0 Å². The summed E-state index contributed by atoms with van der Waals surface area (Å²) < 4.78 is 0. The molecule has 0 fully saturated rings. The van der Waals surface area contributed by atoms with Gasteiger partial charge in [-0.25, -0.2) is 9.98 Å². The molecule has 0 bridgehead atoms. The fourth-order valence-electron chi connectivity index (χ4n) is 3.13. The van der Waals surface area contributed by atoms with E-state index in [9.17, 15) is 4.79 Å². The molecule has 1 aromatic heterocycles. The van der Waals surface area contributed by atoms with Crippen LogP contribution in [-0.4, -0.2) is 55.4 Å². The number of aldehydes is 1. The zero-order valence-corrected chi connectivity index (χ0v) is 17.3. The number of aliphatic imine (C=N–C) groups is 1. The number of hydrogen-bond acceptors (Lipinski definition) is 5. The number of nitrogens with zero attached hydrogens (tertiary/aromatic N) is 4. The highest BCUT2D eigenvalue weighted by molar-refractivity contribution is 7.99. The Morgan fingerprint density at radius 2 is 2.12 bits per heavy atom. The van der Waals surface area contributed by atoms with Crippen molar-refractivity contribution in [2.75, 3.05) is 31.8 Å². The molecule has 0 aromatic carbocycles. The Morgan fingerprint density at radius 1 is 1.35 bits per heavy atom. The molecule has 26 heavy (non-hydrogen) atoms. The molecule has 0 amide bonds. The first kappa shape index (κ1) is 20.5. The van der Waals surface area contributed by atoms with E-state index in [0.29, 0.717) is 11.8 Å². The molecule has 0 aliphatic carbocycles. The molecule has 1 aliphatic rings. The first-order valence-electron chi connectivity index (χ1n) is 9.27. The van der Waals surface area contributed by atoms with Gasteiger partial charge in [-0.05, 0) is 18.9 Å². The van der Waals surface area contributed by atoms with E-state index in [1.807, 2.05) is 37.6 Å². The molecule has 0 saturated carbocycles. The van der Waals surface area contributed by atoms with Crippen molar-refractivity contribution in [1.29, 1.82) is 0 Å². The Hall–Kier alpha value is -1.82. The number of anilines is 1. The molecular weight excluding hydrogens is 344 g/mol. The fraction of sp³-hybridized carbons (Fsp3) is 0.550. The second kappa shape index (κ2) is 9.76. The number of thioether (sulfide) groups is 1. The van der Waals surface area contributed by atoms with Crippen LogP contribution in [0.15, 0.2) is 27.9 Å². The van der Waals surface area contributed by atoms with Crippen LogP contribution in [0, 0.1) is 0 Å². The molecule has 2 rings (SSSR count). The van der Waals surface area contributed by atoms with Crippen LogP contribution < -0.4 is 4.90 Å². The summed E-state index contributed by atoms with van der Waals surface area (Å²) in [4.78, 5) is 25.1. The largest absolute Gasteiger partial charge is 0.377 e. The summed E-state index contributed by atoms with van der Waals surface area (Å²) in [5.74, 6) is 0.615. The Labute approximate surface area is 161 Å². The van der Waals surface area contributed by atoms with E-state index in [-0.39, 0.29) is 0 Å². The van der Waals surface area contributed by atoms with Crippen LogP contribution >= 0.6 is 11.8 Å². The monoisotopic (exact) mass is 374 g/mol. The first-order chi connectivity index (χ1) is 12.5. The van der Waals surface area contributed by atoms with Crippen molar-refractivity contribution in [3.63, 3.8) is 0 Å². The van der Waals surface area contributed by atoms with Gasteiger partial charge in [-0.1, -0.05) is 26.7 Å². The molecule has 0 N–H and O–H groups in total. The molecule has 1 aliphatic heterocycles. The summed E-state index contributed by atoms with van der Waals surface area (Å²) in [6.45, 7) is 4.43. The molecule has 2 heterocycles. The average molecular weight is 375 g/mol. The number of fused-ring (bicyclic) bond motifs is 1. The van der Waals surface area contributed by atoms with E-state index < -0.39 is 0 Å². The predicted molar refractivity (Wildman–Crippen MR) is 112 cm³/mol. The minimum absolute atomic E-state index is 0.471. The highest BCUT2D eigenvalue weighted by Crippen LogP contribution is 2.40. The van der Waals surface area contributed by atoms with Crippen molar-refractivity contribution in [2.45, 2.75) is 50.6 Å². The van der Waals surface area contributed by atoms with E-state index in [2.05, 4.69) is 30.8 Å². The Balaban J connectivity index is 2.38. The molecule has 0 spiro atoms. The van der Waals surface area contributed by atoms with Crippen molar-refractivity contribution in [3.05, 3.63) is 23.4 Å². The van der Waals surface area contributed by atoms with Gasteiger partial charge in [0.05, 0.1) is 17.6 Å². The number of rotatable bonds is 9. The SMILES string of the molecule is CCCCC(CC)N(C)C=NC1=C(C=O)CSc2nccc(N(C)C)c21. The third-order valence-corrected chi connectivity index (χ3v) is 5.77. The van der Waals surface area contributed by atoms with Crippen molar-refractivity contribution >= 4 is 35.8 Å². The Kier molecular flexibility index (Phi) is 7.69. The van der Waals surface area contributed by atoms with Crippen LogP contribution in [0.1, 0.15) is 45.1 Å². The molecule has 0 radical (unpaired) electrons. The van der Waals surface area contributed by atoms with Crippen LogP contribution in [-0.2, 0) is 4.79 Å². The summed E-state index contributed by atoms with van der Waals surface area (Å²) >= 11 is 1.60. The molecule has 0 saturated heterocycles. The second-order valence-electron chi connectivity index (χ2n) is 6.80. The highest BCUT2D eigenvalue weighted by atomic mass is 32.2. The number of carbonyl (C=O) groups excluding carboxylic acids is 1. The van der Waals surface area contributed by atoms with E-state index >= 15 is 0 Å². The first-order valence-corrected chi connectivity index (χ1v) is 10.3. The zero-order chi connectivity index (χ0) is 19.1. The van der Waals surface area contributed by atoms with Crippen LogP contribution in [0.25, 0.3) is 5.70 Å². The number of unbranched alkanes of at least 4 members (excludes halogenated alkanes) is 1. The summed E-state index contributed by atoms with van der Waals surface area (Å²) in [7, 11) is 6.07. The van der Waals surface area contributed by atoms with Crippen molar-refractivity contribution in [2.24, 2.45) is 4.99 Å². The third-order valence-electron chi connectivity index (χ3n) is 4.73. The van der Waals surface area contributed by atoms with Crippen molar-refractivity contribution in [1.82, 2.24) is 9.88 Å². The fourth-order valence-corrected chi connectivity index (χ4v) is 4.11. The lowest BCUT2D eigenvalue weighted by molar-refractivity contribution is -0.104. The number of carbonyl (C=O) groups is 1. The van der Waals surface area contributed by atoms with Gasteiger partial charge in [-0.15, -0.1) is 11.8 Å². The molecular formula is C20H30N4OS. The van der Waals surface area contributed by atoms with Gasteiger partial charge in [0, 0.05) is 50.4 Å². The standard InChI is InChI=1S/C20H30N4OS/c1-6-8-9-16(7-2)24(5)14-22-19-15(12-25)13-26-20-18(19)17(23(3)4)10-11-21-20/h10-12,14,16H,6-9,13H2,1-5H3. The number of aromatic nitrogens is 1. The topological polar surface area (TPSA) is 48.8 Å². The highest BCUT2D eigenvalue weighted by Gasteiger charge is 2.24. The lowest BCUT2D eigenvalue weighted by Gasteiger charge is -2.26. The van der Waals surface area contributed by atoms with E-state index in [1.54, 1.807) is 11.8 Å². The average Bonchev–Trinajstić information content (AvgIpc) is 2.65. The minimum atomic E-state index is 0.471. The maximum atomic E-state index is 11.6. The third kappa shape index (κ3) is 4.67. The maximum absolute atomic E-state index is 11.6. The van der Waals surface area contributed by atoms with Gasteiger partial charge < -0.3 is 9.80 Å². The normalized spacial score (nSPS) is 15.1. The molecule has 1 aromatic rings. The second-order valence-corrected chi connectivity index (χ2v) is 7.76. The summed E-state index contributed by atoms with van der Waals surface area (Å²) in [6.07, 6.45) is 9.29. The molecule has 5 nitrogen and oxygen atoms in total. The lowest BCUT2D eigenvalue weighted by Crippen LogP contribution is -2.30. The number of hydrogen-bond donors (Lipinski definition) is 0. The minimum Gasteiger partial charge on any atom is -0.377 e. The maximum Gasteiger partial charge on any atom is 0.149 e. The zero-order valence-electron chi connectivity index (χ0n) is 16.5. The summed E-state index contributed by atoms with van der Waals surface area (Å²) in [5.41, 5.74) is 3.48. The van der Waals surface area contributed by atoms with Gasteiger partial charge in [0.1, 0.15) is 11.3 Å². The summed E-state index contributed by atoms with van der Waals surface area (Å²) in [6, 6.07) is 2.45. The smallest absolute Gasteiger partial charge is 0.149 e. The predicted octanol–water partition coefficient (Wildman–Crippen LogP) is 4.09. The van der Waals surface area contributed by atoms with E-state index in [4.69, 9.17) is 4.99 Å². The Bertz CT molecular complexity index is 684. The summed E-state index contributed by atoms with van der Waals surface area (Å²) in [5, 5.41) is 0.939. The van der Waals surface area contributed by atoms with Gasteiger partial charge in [0.2, 0.25) is 0 Å². The van der Waals surface area contributed by atoms with Gasteiger partial charge in [-0.3, -0.25) is 4.79 Å². The van der Waals surface area contributed by atoms with Crippen molar-refractivity contribution in [3.8, 4) is 0 Å². The van der Waals surface area contributed by atoms with Crippen LogP contribution in [0.5, 0.6) is 0 Å². The molecule has 1 atom stereocenters. The molecule has 1 unspecified atom stereocenters. The van der Waals surface area contributed by atoms with E-state index in [0.717, 1.165) is 46.7 Å². The number of pyridine rings is 1. The Morgan fingerprint density at radius 3 is 2.73 bits per heavy atom. The molecule has 6 heteroatoms. The van der Waals surface area contributed by atoms with Gasteiger partial charge >= 0.3 is 0 Å². The van der Waals surface area contributed by atoms with E-state index in [1.165, 1.54) is 12.8 Å². The van der Waals surface area contributed by atoms with Crippen molar-refractivity contribution < 1.29 is 4.79 Å². The van der Waals surface area contributed by atoms with Gasteiger partial charge in [-0.2, -0.15) is 0 Å². The quantitative estimate of drug-likeness (QED) is 0.370. The van der Waals surface area contributed by atoms with Crippen LogP contribution in [0.2, 0.25) is 0 Å². The van der Waals surface area contributed by atoms with Crippen LogP contribution in [0.3, 0.4) is 0 Å².